The van der Waals surface area contributed by atoms with Gasteiger partial charge in [0.2, 0.25) is 0 Å². The van der Waals surface area contributed by atoms with Crippen LogP contribution in [0.15, 0.2) is 0 Å². The SMILES string of the molecule is CCCC1(c2nc(C)nn2C)CCNC1. The summed E-state index contributed by atoms with van der Waals surface area (Å²) < 4.78 is 1.96. The van der Waals surface area contributed by atoms with Crippen molar-refractivity contribution in [2.75, 3.05) is 13.1 Å². The molecule has 0 bridgehead atoms. The fraction of sp³-hybridized carbons (Fsp3) is 0.818. The first-order valence-electron chi connectivity index (χ1n) is 5.77. The van der Waals surface area contributed by atoms with E-state index in [0.717, 1.165) is 24.7 Å². The topological polar surface area (TPSA) is 42.7 Å². The summed E-state index contributed by atoms with van der Waals surface area (Å²) in [5.41, 5.74) is 0.227. The van der Waals surface area contributed by atoms with Crippen LogP contribution in [0.2, 0.25) is 0 Å². The lowest BCUT2D eigenvalue weighted by atomic mass is 9.81. The maximum atomic E-state index is 4.59. The summed E-state index contributed by atoms with van der Waals surface area (Å²) in [5.74, 6) is 2.04. The van der Waals surface area contributed by atoms with Gasteiger partial charge in [-0.15, -0.1) is 0 Å². The molecule has 1 unspecified atom stereocenters. The van der Waals surface area contributed by atoms with E-state index in [2.05, 4.69) is 22.3 Å². The number of nitrogens with zero attached hydrogens (tertiary/aromatic N) is 3. The molecule has 0 saturated carbocycles. The highest BCUT2D eigenvalue weighted by Gasteiger charge is 2.38. The summed E-state index contributed by atoms with van der Waals surface area (Å²) >= 11 is 0. The van der Waals surface area contributed by atoms with Crippen LogP contribution in [0.25, 0.3) is 0 Å². The van der Waals surface area contributed by atoms with E-state index in [-0.39, 0.29) is 5.41 Å². The smallest absolute Gasteiger partial charge is 0.147 e. The number of rotatable bonds is 3. The van der Waals surface area contributed by atoms with Gasteiger partial charge >= 0.3 is 0 Å². The molecule has 1 N–H and O–H groups in total. The Balaban J connectivity index is 2.35. The van der Waals surface area contributed by atoms with Crippen LogP contribution in [0.4, 0.5) is 0 Å². The van der Waals surface area contributed by atoms with Gasteiger partial charge in [0.15, 0.2) is 0 Å². The van der Waals surface area contributed by atoms with Gasteiger partial charge in [-0.1, -0.05) is 13.3 Å². The Morgan fingerprint density at radius 3 is 2.80 bits per heavy atom. The molecule has 2 heterocycles. The van der Waals surface area contributed by atoms with Gasteiger partial charge in [0.05, 0.1) is 0 Å². The fourth-order valence-electron chi connectivity index (χ4n) is 2.71. The zero-order valence-corrected chi connectivity index (χ0v) is 9.88. The summed E-state index contributed by atoms with van der Waals surface area (Å²) in [6, 6.07) is 0. The lowest BCUT2D eigenvalue weighted by Gasteiger charge is -2.26. The largest absolute Gasteiger partial charge is 0.316 e. The van der Waals surface area contributed by atoms with E-state index in [1.165, 1.54) is 19.3 Å². The van der Waals surface area contributed by atoms with Crippen molar-refractivity contribution in [3.8, 4) is 0 Å². The van der Waals surface area contributed by atoms with E-state index in [1.54, 1.807) is 0 Å². The lowest BCUT2D eigenvalue weighted by Crippen LogP contribution is -2.32. The Morgan fingerprint density at radius 1 is 1.53 bits per heavy atom. The molecule has 1 saturated heterocycles. The summed E-state index contributed by atoms with van der Waals surface area (Å²) in [7, 11) is 2.01. The second kappa shape index (κ2) is 3.93. The number of aromatic nitrogens is 3. The van der Waals surface area contributed by atoms with Crippen LogP contribution in [0.1, 0.15) is 37.8 Å². The predicted molar refractivity (Wildman–Crippen MR) is 59.8 cm³/mol. The monoisotopic (exact) mass is 208 g/mol. The van der Waals surface area contributed by atoms with Crippen molar-refractivity contribution in [1.29, 1.82) is 0 Å². The summed E-state index contributed by atoms with van der Waals surface area (Å²) in [5, 5.41) is 7.81. The molecule has 0 aromatic carbocycles. The molecule has 1 aromatic heterocycles. The first-order valence-corrected chi connectivity index (χ1v) is 5.77. The molecule has 2 rings (SSSR count). The molecule has 4 nitrogen and oxygen atoms in total. The Kier molecular flexibility index (Phi) is 2.78. The predicted octanol–water partition coefficient (Wildman–Crippen LogP) is 1.15. The average molecular weight is 208 g/mol. The van der Waals surface area contributed by atoms with Gasteiger partial charge in [-0.05, 0) is 26.3 Å². The van der Waals surface area contributed by atoms with Crippen molar-refractivity contribution in [3.05, 3.63) is 11.6 Å². The zero-order chi connectivity index (χ0) is 10.9. The minimum atomic E-state index is 0.227. The molecule has 0 aliphatic carbocycles. The number of hydrogen-bond donors (Lipinski definition) is 1. The van der Waals surface area contributed by atoms with Gasteiger partial charge in [0, 0.05) is 19.0 Å². The van der Waals surface area contributed by atoms with Gasteiger partial charge in [-0.25, -0.2) is 4.98 Å². The molecule has 15 heavy (non-hydrogen) atoms. The molecular formula is C11H20N4. The highest BCUT2D eigenvalue weighted by molar-refractivity contribution is 5.13. The minimum Gasteiger partial charge on any atom is -0.316 e. The normalized spacial score (nSPS) is 26.1. The maximum Gasteiger partial charge on any atom is 0.147 e. The third kappa shape index (κ3) is 1.78. The van der Waals surface area contributed by atoms with Crippen LogP contribution in [0.5, 0.6) is 0 Å². The highest BCUT2D eigenvalue weighted by atomic mass is 15.3. The standard InChI is InChI=1S/C11H20N4/c1-4-5-11(6-7-12-8-11)10-13-9(2)14-15(10)3/h12H,4-8H2,1-3H3. The molecular weight excluding hydrogens is 188 g/mol. The molecule has 0 spiro atoms. The first-order chi connectivity index (χ1) is 7.18. The number of aryl methyl sites for hydroxylation is 2. The Morgan fingerprint density at radius 2 is 2.33 bits per heavy atom. The molecule has 84 valence electrons. The van der Waals surface area contributed by atoms with Crippen LogP contribution in [-0.4, -0.2) is 27.9 Å². The fourth-order valence-corrected chi connectivity index (χ4v) is 2.71. The Labute approximate surface area is 91.1 Å². The van der Waals surface area contributed by atoms with Gasteiger partial charge in [0.25, 0.3) is 0 Å². The molecule has 1 aliphatic rings. The average Bonchev–Trinajstić information content (AvgIpc) is 2.75. The Hall–Kier alpha value is -0.900. The third-order valence-electron chi connectivity index (χ3n) is 3.32. The van der Waals surface area contributed by atoms with Gasteiger partial charge in [-0.2, -0.15) is 5.10 Å². The summed E-state index contributed by atoms with van der Waals surface area (Å²) in [6.07, 6.45) is 3.59. The number of nitrogens with one attached hydrogen (secondary N) is 1. The van der Waals surface area contributed by atoms with E-state index >= 15 is 0 Å². The maximum absolute atomic E-state index is 4.59. The van der Waals surface area contributed by atoms with Crippen LogP contribution in [-0.2, 0) is 12.5 Å². The van der Waals surface area contributed by atoms with E-state index in [0.29, 0.717) is 0 Å². The lowest BCUT2D eigenvalue weighted by molar-refractivity contribution is 0.385. The van der Waals surface area contributed by atoms with Crippen molar-refractivity contribution in [3.63, 3.8) is 0 Å². The van der Waals surface area contributed by atoms with E-state index in [1.807, 2.05) is 18.7 Å². The van der Waals surface area contributed by atoms with Gasteiger partial charge < -0.3 is 5.32 Å². The highest BCUT2D eigenvalue weighted by Crippen LogP contribution is 2.33. The van der Waals surface area contributed by atoms with E-state index in [4.69, 9.17) is 0 Å². The first kappa shape index (κ1) is 10.6. The van der Waals surface area contributed by atoms with E-state index < -0.39 is 0 Å². The van der Waals surface area contributed by atoms with Crippen molar-refractivity contribution in [2.45, 2.75) is 38.5 Å². The molecule has 0 radical (unpaired) electrons. The van der Waals surface area contributed by atoms with Gasteiger partial charge in [-0.3, -0.25) is 4.68 Å². The molecule has 1 aliphatic heterocycles. The molecule has 1 aromatic rings. The quantitative estimate of drug-likeness (QED) is 0.810. The van der Waals surface area contributed by atoms with Crippen LogP contribution in [0.3, 0.4) is 0 Å². The van der Waals surface area contributed by atoms with Crippen molar-refractivity contribution < 1.29 is 0 Å². The van der Waals surface area contributed by atoms with Crippen LogP contribution >= 0.6 is 0 Å². The third-order valence-corrected chi connectivity index (χ3v) is 3.32. The van der Waals surface area contributed by atoms with Crippen molar-refractivity contribution >= 4 is 0 Å². The summed E-state index contributed by atoms with van der Waals surface area (Å²) in [4.78, 5) is 4.59. The number of hydrogen-bond acceptors (Lipinski definition) is 3. The van der Waals surface area contributed by atoms with Gasteiger partial charge in [0.1, 0.15) is 11.6 Å². The second-order valence-electron chi connectivity index (χ2n) is 4.56. The Bertz CT molecular complexity index is 336. The second-order valence-corrected chi connectivity index (χ2v) is 4.56. The zero-order valence-electron chi connectivity index (χ0n) is 9.88. The van der Waals surface area contributed by atoms with E-state index in [9.17, 15) is 0 Å². The summed E-state index contributed by atoms with van der Waals surface area (Å²) in [6.45, 7) is 6.35. The van der Waals surface area contributed by atoms with Crippen LogP contribution in [0, 0.1) is 6.92 Å². The van der Waals surface area contributed by atoms with Crippen molar-refractivity contribution in [2.24, 2.45) is 7.05 Å². The molecule has 1 atom stereocenters. The minimum absolute atomic E-state index is 0.227. The molecule has 0 amide bonds. The van der Waals surface area contributed by atoms with Crippen LogP contribution < -0.4 is 5.32 Å². The molecule has 4 heteroatoms. The van der Waals surface area contributed by atoms with Crippen molar-refractivity contribution in [1.82, 2.24) is 20.1 Å². The molecule has 1 fully saturated rings.